The van der Waals surface area contributed by atoms with E-state index in [1.807, 2.05) is 13.0 Å². The maximum Gasteiger partial charge on any atom is 0.147 e. The number of aromatic nitrogens is 1. The van der Waals surface area contributed by atoms with Gasteiger partial charge in [-0.2, -0.15) is 0 Å². The summed E-state index contributed by atoms with van der Waals surface area (Å²) < 4.78 is 0. The minimum atomic E-state index is 0.192. The molecule has 1 unspecified atom stereocenters. The third-order valence-corrected chi connectivity index (χ3v) is 3.02. The van der Waals surface area contributed by atoms with Crippen LogP contribution in [0.3, 0.4) is 0 Å². The van der Waals surface area contributed by atoms with Crippen LogP contribution in [0.4, 0.5) is 11.5 Å². The lowest BCUT2D eigenvalue weighted by atomic mass is 10.2. The fourth-order valence-electron chi connectivity index (χ4n) is 0.828. The number of nitrogens with two attached hydrogens (primary N) is 2. The molecule has 1 atom stereocenters. The first kappa shape index (κ1) is 11.1. The van der Waals surface area contributed by atoms with E-state index in [4.69, 9.17) is 16.6 Å². The lowest BCUT2D eigenvalue weighted by molar-refractivity contribution is 0.250. The largest absolute Gasteiger partial charge is 0.396 e. The predicted molar refractivity (Wildman–Crippen MR) is 60.0 cm³/mol. The molecule has 14 heavy (non-hydrogen) atoms. The molecule has 5 N–H and O–H groups in total. The Hall–Kier alpha value is -0.940. The zero-order valence-electron chi connectivity index (χ0n) is 8.10. The monoisotopic (exact) mass is 213 g/mol. The van der Waals surface area contributed by atoms with Gasteiger partial charge >= 0.3 is 0 Å². The Morgan fingerprint density at radius 1 is 1.50 bits per heavy atom. The summed E-state index contributed by atoms with van der Waals surface area (Å²) in [4.78, 5) is 4.11. The zero-order chi connectivity index (χ0) is 10.6. The van der Waals surface area contributed by atoms with Crippen molar-refractivity contribution < 1.29 is 5.11 Å². The number of nitrogens with zero attached hydrogens (tertiary/aromatic N) is 1. The van der Waals surface area contributed by atoms with Gasteiger partial charge in [0.05, 0.1) is 10.7 Å². The quantitative estimate of drug-likeness (QED) is 0.649. The standard InChI is InChI=1S/C9H15N3OS/c1-6(4-13)5-14-8-3-2-7(10)9(11)12-8/h2-3,6,13H,4-5,10H2,1H3,(H2,11,12). The Kier molecular flexibility index (Phi) is 4.03. The van der Waals surface area contributed by atoms with E-state index in [9.17, 15) is 0 Å². The summed E-state index contributed by atoms with van der Waals surface area (Å²) in [5.41, 5.74) is 11.6. The van der Waals surface area contributed by atoms with Gasteiger partial charge in [0, 0.05) is 12.4 Å². The highest BCUT2D eigenvalue weighted by molar-refractivity contribution is 7.99. The van der Waals surface area contributed by atoms with Crippen LogP contribution in [0.5, 0.6) is 0 Å². The van der Waals surface area contributed by atoms with Crippen LogP contribution >= 0.6 is 11.8 Å². The van der Waals surface area contributed by atoms with E-state index in [-0.39, 0.29) is 12.5 Å². The van der Waals surface area contributed by atoms with Gasteiger partial charge in [0.25, 0.3) is 0 Å². The Bertz CT molecular complexity index is 306. The van der Waals surface area contributed by atoms with Crippen LogP contribution in [0.1, 0.15) is 6.92 Å². The Morgan fingerprint density at radius 2 is 2.21 bits per heavy atom. The van der Waals surface area contributed by atoms with Crippen molar-refractivity contribution in [3.05, 3.63) is 12.1 Å². The molecule has 1 heterocycles. The Balaban J connectivity index is 2.55. The second-order valence-electron chi connectivity index (χ2n) is 3.22. The fourth-order valence-corrected chi connectivity index (χ4v) is 1.72. The molecule has 78 valence electrons. The van der Waals surface area contributed by atoms with E-state index in [0.29, 0.717) is 11.5 Å². The summed E-state index contributed by atoms with van der Waals surface area (Å²) in [5, 5.41) is 9.68. The molecule has 0 saturated heterocycles. The summed E-state index contributed by atoms with van der Waals surface area (Å²) >= 11 is 1.57. The molecule has 0 aromatic carbocycles. The van der Waals surface area contributed by atoms with Crippen molar-refractivity contribution in [3.8, 4) is 0 Å². The minimum absolute atomic E-state index is 0.192. The first-order valence-electron chi connectivity index (χ1n) is 4.39. The van der Waals surface area contributed by atoms with Crippen LogP contribution < -0.4 is 11.5 Å². The number of nitrogen functional groups attached to an aromatic ring is 2. The highest BCUT2D eigenvalue weighted by Crippen LogP contribution is 2.22. The molecule has 0 saturated carbocycles. The highest BCUT2D eigenvalue weighted by atomic mass is 32.2. The van der Waals surface area contributed by atoms with E-state index in [1.165, 1.54) is 0 Å². The van der Waals surface area contributed by atoms with Crippen LogP contribution in [-0.2, 0) is 0 Å². The maximum atomic E-state index is 8.83. The molecular formula is C9H15N3OS. The molecule has 0 spiro atoms. The van der Waals surface area contributed by atoms with E-state index < -0.39 is 0 Å². The van der Waals surface area contributed by atoms with Crippen molar-refractivity contribution in [2.45, 2.75) is 11.9 Å². The van der Waals surface area contributed by atoms with Crippen molar-refractivity contribution in [2.75, 3.05) is 23.8 Å². The molecule has 1 aromatic heterocycles. The fraction of sp³-hybridized carbons (Fsp3) is 0.444. The third-order valence-electron chi connectivity index (χ3n) is 1.76. The number of rotatable bonds is 4. The number of thioether (sulfide) groups is 1. The summed E-state index contributed by atoms with van der Waals surface area (Å²) in [6.07, 6.45) is 0. The lowest BCUT2D eigenvalue weighted by Gasteiger charge is -2.07. The van der Waals surface area contributed by atoms with Gasteiger partial charge in [-0.05, 0) is 18.1 Å². The van der Waals surface area contributed by atoms with Gasteiger partial charge in [-0.1, -0.05) is 6.92 Å². The Labute approximate surface area is 87.7 Å². The summed E-state index contributed by atoms with van der Waals surface area (Å²) in [5.74, 6) is 1.46. The second-order valence-corrected chi connectivity index (χ2v) is 4.26. The topological polar surface area (TPSA) is 85.2 Å². The van der Waals surface area contributed by atoms with Crippen LogP contribution in [0, 0.1) is 5.92 Å². The van der Waals surface area contributed by atoms with E-state index in [1.54, 1.807) is 17.8 Å². The SMILES string of the molecule is CC(CO)CSc1ccc(N)c(N)n1. The smallest absolute Gasteiger partial charge is 0.147 e. The first-order valence-corrected chi connectivity index (χ1v) is 5.37. The molecule has 0 aliphatic carbocycles. The van der Waals surface area contributed by atoms with Gasteiger partial charge in [0.15, 0.2) is 0 Å². The van der Waals surface area contributed by atoms with Crippen LogP contribution in [-0.4, -0.2) is 22.5 Å². The van der Waals surface area contributed by atoms with Crippen molar-refractivity contribution in [1.29, 1.82) is 0 Å². The van der Waals surface area contributed by atoms with E-state index in [2.05, 4.69) is 4.98 Å². The molecule has 0 radical (unpaired) electrons. The number of aliphatic hydroxyl groups excluding tert-OH is 1. The normalized spacial score (nSPS) is 12.7. The number of hydrogen-bond acceptors (Lipinski definition) is 5. The molecular weight excluding hydrogens is 198 g/mol. The molecule has 0 amide bonds. The van der Waals surface area contributed by atoms with Gasteiger partial charge in [-0.3, -0.25) is 0 Å². The van der Waals surface area contributed by atoms with E-state index in [0.717, 1.165) is 10.8 Å². The molecule has 4 nitrogen and oxygen atoms in total. The third kappa shape index (κ3) is 3.08. The summed E-state index contributed by atoms with van der Waals surface area (Å²) in [6, 6.07) is 3.58. The van der Waals surface area contributed by atoms with Gasteiger partial charge in [-0.15, -0.1) is 11.8 Å². The molecule has 1 aromatic rings. The van der Waals surface area contributed by atoms with Crippen molar-refractivity contribution in [1.82, 2.24) is 4.98 Å². The van der Waals surface area contributed by atoms with Crippen molar-refractivity contribution in [3.63, 3.8) is 0 Å². The van der Waals surface area contributed by atoms with Crippen LogP contribution in [0.2, 0.25) is 0 Å². The molecule has 0 aliphatic rings. The molecule has 0 aliphatic heterocycles. The lowest BCUT2D eigenvalue weighted by Crippen LogP contribution is -2.04. The summed E-state index contributed by atoms with van der Waals surface area (Å²) in [6.45, 7) is 2.17. The average molecular weight is 213 g/mol. The Morgan fingerprint density at radius 3 is 2.79 bits per heavy atom. The van der Waals surface area contributed by atoms with Gasteiger partial charge in [0.2, 0.25) is 0 Å². The maximum absolute atomic E-state index is 8.83. The molecule has 0 fully saturated rings. The summed E-state index contributed by atoms with van der Waals surface area (Å²) in [7, 11) is 0. The van der Waals surface area contributed by atoms with Crippen LogP contribution in [0.15, 0.2) is 17.2 Å². The number of pyridine rings is 1. The van der Waals surface area contributed by atoms with Gasteiger partial charge in [-0.25, -0.2) is 4.98 Å². The van der Waals surface area contributed by atoms with Crippen molar-refractivity contribution >= 4 is 23.3 Å². The zero-order valence-corrected chi connectivity index (χ0v) is 8.92. The van der Waals surface area contributed by atoms with Gasteiger partial charge in [0.1, 0.15) is 5.82 Å². The number of aliphatic hydroxyl groups is 1. The van der Waals surface area contributed by atoms with Gasteiger partial charge < -0.3 is 16.6 Å². The average Bonchev–Trinajstić information content (AvgIpc) is 2.19. The predicted octanol–water partition coefficient (Wildman–Crippen LogP) is 0.967. The second kappa shape index (κ2) is 5.07. The molecule has 0 bridgehead atoms. The number of anilines is 2. The number of hydrogen-bond donors (Lipinski definition) is 3. The van der Waals surface area contributed by atoms with Crippen LogP contribution in [0.25, 0.3) is 0 Å². The van der Waals surface area contributed by atoms with Crippen molar-refractivity contribution in [2.24, 2.45) is 5.92 Å². The molecule has 5 heteroatoms. The highest BCUT2D eigenvalue weighted by Gasteiger charge is 2.03. The molecule has 1 rings (SSSR count). The first-order chi connectivity index (χ1) is 6.63. The van der Waals surface area contributed by atoms with E-state index >= 15 is 0 Å². The minimum Gasteiger partial charge on any atom is -0.396 e.